The summed E-state index contributed by atoms with van der Waals surface area (Å²) in [6.07, 6.45) is 0. The van der Waals surface area contributed by atoms with Crippen molar-refractivity contribution >= 4 is 11.8 Å². The summed E-state index contributed by atoms with van der Waals surface area (Å²) in [6.45, 7) is 7.65. The monoisotopic (exact) mass is 329 g/mol. The van der Waals surface area contributed by atoms with Gasteiger partial charge < -0.3 is 14.0 Å². The number of benzene rings is 1. The molecule has 0 radical (unpaired) electrons. The highest BCUT2D eigenvalue weighted by molar-refractivity contribution is 5.99. The molecule has 0 bridgehead atoms. The van der Waals surface area contributed by atoms with Crippen LogP contribution in [0.3, 0.4) is 0 Å². The number of hydrogen-bond donors (Lipinski definition) is 0. The lowest BCUT2D eigenvalue weighted by molar-refractivity contribution is 0.0474. The van der Waals surface area contributed by atoms with Crippen molar-refractivity contribution in [1.29, 1.82) is 0 Å². The summed E-state index contributed by atoms with van der Waals surface area (Å²) in [5.74, 6) is -0.154. The fourth-order valence-electron chi connectivity index (χ4n) is 2.87. The van der Waals surface area contributed by atoms with Crippen molar-refractivity contribution in [3.8, 4) is 5.75 Å². The average Bonchev–Trinajstić information content (AvgIpc) is 2.87. The van der Waals surface area contributed by atoms with Crippen LogP contribution >= 0.6 is 0 Å². The number of nitrogens with zero attached hydrogens (tertiary/aromatic N) is 1. The lowest BCUT2D eigenvalue weighted by atomic mass is 10.1. The molecule has 2 rings (SSSR count). The Morgan fingerprint density at radius 3 is 2.46 bits per heavy atom. The molecule has 1 aromatic carbocycles. The van der Waals surface area contributed by atoms with E-state index >= 15 is 0 Å². The van der Waals surface area contributed by atoms with Gasteiger partial charge in [0, 0.05) is 23.0 Å². The molecule has 5 heteroatoms. The van der Waals surface area contributed by atoms with Crippen molar-refractivity contribution in [1.82, 2.24) is 4.57 Å². The minimum Gasteiger partial charge on any atom is -0.497 e. The zero-order valence-electron chi connectivity index (χ0n) is 14.8. The number of ether oxygens (including phenoxy) is 2. The molecule has 128 valence electrons. The molecule has 1 aromatic heterocycles. The Morgan fingerprint density at radius 2 is 1.88 bits per heavy atom. The summed E-state index contributed by atoms with van der Waals surface area (Å²) < 4.78 is 12.4. The van der Waals surface area contributed by atoms with Gasteiger partial charge in [0.1, 0.15) is 5.75 Å². The van der Waals surface area contributed by atoms with E-state index < -0.39 is 5.97 Å². The van der Waals surface area contributed by atoms with Gasteiger partial charge in [0.25, 0.3) is 0 Å². The third-order valence-corrected chi connectivity index (χ3v) is 3.95. The Bertz CT molecular complexity index is 759. The van der Waals surface area contributed by atoms with Gasteiger partial charge in [-0.15, -0.1) is 0 Å². The largest absolute Gasteiger partial charge is 0.497 e. The number of carbonyl (C=O) groups excluding carboxylic acids is 2. The van der Waals surface area contributed by atoms with Gasteiger partial charge in [-0.25, -0.2) is 4.79 Å². The van der Waals surface area contributed by atoms with E-state index in [9.17, 15) is 9.59 Å². The molecule has 0 aliphatic heterocycles. The third-order valence-electron chi connectivity index (χ3n) is 3.95. The maximum Gasteiger partial charge on any atom is 0.340 e. The molecule has 0 saturated heterocycles. The molecule has 0 aliphatic rings. The standard InChI is InChI=1S/C19H23NO4/c1-12(2)20-13(3)9-17(14(20)4)19(22)24-11-18(21)15-7-6-8-16(10-15)23-5/h6-10,12H,11H2,1-5H3. The fourth-order valence-corrected chi connectivity index (χ4v) is 2.87. The topological polar surface area (TPSA) is 57.5 Å². The molecular weight excluding hydrogens is 306 g/mol. The average molecular weight is 329 g/mol. The van der Waals surface area contributed by atoms with Crippen molar-refractivity contribution in [3.05, 3.63) is 52.8 Å². The summed E-state index contributed by atoms with van der Waals surface area (Å²) in [4.78, 5) is 24.5. The van der Waals surface area contributed by atoms with Gasteiger partial charge in [-0.3, -0.25) is 4.79 Å². The molecule has 0 N–H and O–H groups in total. The highest BCUT2D eigenvalue weighted by Gasteiger charge is 2.19. The predicted molar refractivity (Wildman–Crippen MR) is 91.9 cm³/mol. The zero-order valence-corrected chi connectivity index (χ0v) is 14.8. The smallest absolute Gasteiger partial charge is 0.340 e. The third kappa shape index (κ3) is 3.67. The predicted octanol–water partition coefficient (Wildman–Crippen LogP) is 3.73. The molecule has 2 aromatic rings. The van der Waals surface area contributed by atoms with E-state index in [1.165, 1.54) is 7.11 Å². The van der Waals surface area contributed by atoms with Crippen LogP contribution in [0.4, 0.5) is 0 Å². The maximum atomic E-state index is 12.3. The molecule has 5 nitrogen and oxygen atoms in total. The van der Waals surface area contributed by atoms with Crippen molar-refractivity contribution in [2.75, 3.05) is 13.7 Å². The molecule has 1 heterocycles. The Labute approximate surface area is 142 Å². The fraction of sp³-hybridized carbons (Fsp3) is 0.368. The molecule has 0 spiro atoms. The second-order valence-corrected chi connectivity index (χ2v) is 5.98. The van der Waals surface area contributed by atoms with Gasteiger partial charge in [-0.2, -0.15) is 0 Å². The number of carbonyl (C=O) groups is 2. The van der Waals surface area contributed by atoms with Crippen molar-refractivity contribution in [3.63, 3.8) is 0 Å². The molecule has 0 unspecified atom stereocenters. The number of ketones is 1. The van der Waals surface area contributed by atoms with E-state index in [2.05, 4.69) is 18.4 Å². The van der Waals surface area contributed by atoms with Crippen LogP contribution < -0.4 is 4.74 Å². The van der Waals surface area contributed by atoms with Gasteiger partial charge in [-0.1, -0.05) is 12.1 Å². The van der Waals surface area contributed by atoms with Crippen LogP contribution in [0.5, 0.6) is 5.75 Å². The maximum absolute atomic E-state index is 12.3. The molecule has 0 aliphatic carbocycles. The van der Waals surface area contributed by atoms with Crippen LogP contribution in [0.15, 0.2) is 30.3 Å². The second-order valence-electron chi connectivity index (χ2n) is 5.98. The van der Waals surface area contributed by atoms with Crippen LogP contribution in [0.1, 0.15) is 52.0 Å². The van der Waals surface area contributed by atoms with Gasteiger partial charge in [0.2, 0.25) is 0 Å². The van der Waals surface area contributed by atoms with Crippen LogP contribution in [-0.4, -0.2) is 30.0 Å². The van der Waals surface area contributed by atoms with Crippen molar-refractivity contribution < 1.29 is 19.1 Å². The number of hydrogen-bond acceptors (Lipinski definition) is 4. The Balaban J connectivity index is 2.08. The van der Waals surface area contributed by atoms with Crippen LogP contribution in [0.2, 0.25) is 0 Å². The van der Waals surface area contributed by atoms with E-state index in [-0.39, 0.29) is 18.4 Å². The van der Waals surface area contributed by atoms with Crippen molar-refractivity contribution in [2.45, 2.75) is 33.7 Å². The Kier molecular flexibility index (Phi) is 5.44. The van der Waals surface area contributed by atoms with Crippen LogP contribution in [0.25, 0.3) is 0 Å². The van der Waals surface area contributed by atoms with Crippen LogP contribution in [-0.2, 0) is 4.74 Å². The normalized spacial score (nSPS) is 10.8. The number of methoxy groups -OCH3 is 1. The summed E-state index contributed by atoms with van der Waals surface area (Å²) in [5.41, 5.74) is 2.80. The Morgan fingerprint density at radius 1 is 1.17 bits per heavy atom. The quantitative estimate of drug-likeness (QED) is 0.598. The first-order valence-electron chi connectivity index (χ1n) is 7.88. The number of aryl methyl sites for hydroxylation is 1. The van der Waals surface area contributed by atoms with E-state index in [1.54, 1.807) is 30.3 Å². The highest BCUT2D eigenvalue weighted by Crippen LogP contribution is 2.21. The molecule has 0 saturated carbocycles. The van der Waals surface area contributed by atoms with Gasteiger partial charge in [0.05, 0.1) is 12.7 Å². The Hall–Kier alpha value is -2.56. The first-order valence-corrected chi connectivity index (χ1v) is 7.88. The molecule has 0 amide bonds. The summed E-state index contributed by atoms with van der Waals surface area (Å²) in [7, 11) is 1.54. The highest BCUT2D eigenvalue weighted by atomic mass is 16.5. The number of esters is 1. The minimum absolute atomic E-state index is 0.255. The van der Waals surface area contributed by atoms with E-state index in [0.717, 1.165) is 11.4 Å². The van der Waals surface area contributed by atoms with E-state index in [1.807, 2.05) is 13.8 Å². The molecular formula is C19H23NO4. The zero-order chi connectivity index (χ0) is 17.9. The van der Waals surface area contributed by atoms with E-state index in [0.29, 0.717) is 16.9 Å². The molecule has 0 atom stereocenters. The summed E-state index contributed by atoms with van der Waals surface area (Å²) in [6, 6.07) is 8.83. The lowest BCUT2D eigenvalue weighted by Gasteiger charge is -2.13. The van der Waals surface area contributed by atoms with E-state index in [4.69, 9.17) is 9.47 Å². The van der Waals surface area contributed by atoms with Gasteiger partial charge in [0.15, 0.2) is 12.4 Å². The molecule has 24 heavy (non-hydrogen) atoms. The SMILES string of the molecule is COc1cccc(C(=O)COC(=O)c2cc(C)n(C(C)C)c2C)c1. The number of Topliss-reactive ketones (excluding diaryl/α,β-unsaturated/α-hetero) is 1. The first kappa shape index (κ1) is 17.8. The van der Waals surface area contributed by atoms with Gasteiger partial charge >= 0.3 is 5.97 Å². The van der Waals surface area contributed by atoms with Crippen molar-refractivity contribution in [2.24, 2.45) is 0 Å². The molecule has 0 fully saturated rings. The number of rotatable bonds is 6. The lowest BCUT2D eigenvalue weighted by Crippen LogP contribution is -2.15. The second kappa shape index (κ2) is 7.34. The van der Waals surface area contributed by atoms with Crippen LogP contribution in [0, 0.1) is 13.8 Å². The minimum atomic E-state index is -0.480. The number of aromatic nitrogens is 1. The summed E-state index contributed by atoms with van der Waals surface area (Å²) in [5, 5.41) is 0. The first-order chi connectivity index (χ1) is 11.3. The summed E-state index contributed by atoms with van der Waals surface area (Å²) >= 11 is 0. The van der Waals surface area contributed by atoms with Gasteiger partial charge in [-0.05, 0) is 45.9 Å².